The van der Waals surface area contributed by atoms with Crippen molar-refractivity contribution in [1.29, 1.82) is 0 Å². The molecule has 1 N–H and O–H groups in total. The Bertz CT molecular complexity index is 534. The first-order valence-electron chi connectivity index (χ1n) is 7.35. The van der Waals surface area contributed by atoms with Crippen molar-refractivity contribution >= 4 is 21.6 Å². The minimum atomic E-state index is -0.0133. The molecule has 1 unspecified atom stereocenters. The molecule has 2 heterocycles. The lowest BCUT2D eigenvalue weighted by Gasteiger charge is -2.24. The average molecular weight is 341 g/mol. The Morgan fingerprint density at radius 1 is 1.50 bits per heavy atom. The number of nitrogens with one attached hydrogen (secondary N) is 1. The maximum absolute atomic E-state index is 12.3. The van der Waals surface area contributed by atoms with E-state index in [2.05, 4.69) is 31.2 Å². The van der Waals surface area contributed by atoms with Crippen molar-refractivity contribution in [2.24, 2.45) is 5.92 Å². The van der Waals surface area contributed by atoms with Crippen LogP contribution in [0.15, 0.2) is 15.5 Å². The molecule has 1 aliphatic heterocycles. The number of hydrogen-bond acceptors (Lipinski definition) is 4. The number of nitrogens with zero attached hydrogens (tertiary/aromatic N) is 3. The van der Waals surface area contributed by atoms with Crippen molar-refractivity contribution in [3.8, 4) is 0 Å². The predicted molar refractivity (Wildman–Crippen MR) is 83.2 cm³/mol. The third-order valence-corrected chi connectivity index (χ3v) is 4.91. The second-order valence-electron chi connectivity index (χ2n) is 5.95. The highest BCUT2D eigenvalue weighted by Gasteiger charge is 2.24. The lowest BCUT2D eigenvalue weighted by Crippen LogP contribution is -2.36. The first-order valence-corrected chi connectivity index (χ1v) is 8.14. The van der Waals surface area contributed by atoms with Crippen LogP contribution < -0.4 is 15.8 Å². The van der Waals surface area contributed by atoms with E-state index in [1.807, 2.05) is 13.2 Å². The van der Waals surface area contributed by atoms with Crippen LogP contribution in [0, 0.1) is 5.92 Å². The van der Waals surface area contributed by atoms with Gasteiger partial charge in [0.2, 0.25) is 0 Å². The Morgan fingerprint density at radius 3 is 2.95 bits per heavy atom. The van der Waals surface area contributed by atoms with Gasteiger partial charge in [-0.3, -0.25) is 4.79 Å². The van der Waals surface area contributed by atoms with Crippen LogP contribution in [0.3, 0.4) is 0 Å². The summed E-state index contributed by atoms with van der Waals surface area (Å²) in [6.45, 7) is 2.76. The van der Waals surface area contributed by atoms with Crippen LogP contribution in [-0.2, 0) is 6.54 Å². The van der Waals surface area contributed by atoms with Gasteiger partial charge in [0, 0.05) is 26.2 Å². The Labute approximate surface area is 127 Å². The van der Waals surface area contributed by atoms with Gasteiger partial charge in [0.15, 0.2) is 0 Å². The lowest BCUT2D eigenvalue weighted by molar-refractivity contribution is 0.529. The van der Waals surface area contributed by atoms with Gasteiger partial charge < -0.3 is 10.2 Å². The van der Waals surface area contributed by atoms with Crippen LogP contribution in [0.2, 0.25) is 0 Å². The van der Waals surface area contributed by atoms with Crippen LogP contribution in [0.25, 0.3) is 0 Å². The summed E-state index contributed by atoms with van der Waals surface area (Å²) in [6.07, 6.45) is 6.69. The summed E-state index contributed by atoms with van der Waals surface area (Å²) in [4.78, 5) is 14.4. The van der Waals surface area contributed by atoms with Crippen LogP contribution >= 0.6 is 15.9 Å². The molecule has 1 saturated heterocycles. The molecule has 1 aliphatic carbocycles. The quantitative estimate of drug-likeness (QED) is 0.884. The van der Waals surface area contributed by atoms with Gasteiger partial charge in [-0.25, -0.2) is 4.68 Å². The van der Waals surface area contributed by atoms with Gasteiger partial charge in [-0.1, -0.05) is 0 Å². The minimum absolute atomic E-state index is 0.0133. The first kappa shape index (κ1) is 14.1. The van der Waals surface area contributed by atoms with Crippen molar-refractivity contribution in [1.82, 2.24) is 15.1 Å². The van der Waals surface area contributed by atoms with E-state index in [1.54, 1.807) is 4.68 Å². The Hall–Kier alpha value is -0.880. The van der Waals surface area contributed by atoms with Crippen molar-refractivity contribution in [2.75, 3.05) is 25.0 Å². The van der Waals surface area contributed by atoms with Crippen LogP contribution in [-0.4, -0.2) is 36.0 Å². The molecular weight excluding hydrogens is 320 g/mol. The van der Waals surface area contributed by atoms with Crippen molar-refractivity contribution in [3.05, 3.63) is 21.0 Å². The molecule has 1 aromatic heterocycles. The highest BCUT2D eigenvalue weighted by atomic mass is 79.9. The summed E-state index contributed by atoms with van der Waals surface area (Å²) < 4.78 is 2.22. The zero-order valence-electron chi connectivity index (χ0n) is 11.8. The van der Waals surface area contributed by atoms with Crippen molar-refractivity contribution < 1.29 is 0 Å². The van der Waals surface area contributed by atoms with E-state index < -0.39 is 0 Å². The van der Waals surface area contributed by atoms with Crippen LogP contribution in [0.1, 0.15) is 25.7 Å². The van der Waals surface area contributed by atoms with Gasteiger partial charge in [0.25, 0.3) is 5.56 Å². The van der Waals surface area contributed by atoms with Crippen LogP contribution in [0.4, 0.5) is 5.69 Å². The monoisotopic (exact) mass is 340 g/mol. The van der Waals surface area contributed by atoms with Crippen LogP contribution in [0.5, 0.6) is 0 Å². The van der Waals surface area contributed by atoms with E-state index in [1.165, 1.54) is 25.7 Å². The number of anilines is 1. The van der Waals surface area contributed by atoms with Gasteiger partial charge in [0.05, 0.1) is 11.9 Å². The molecule has 2 aliphatic rings. The normalized spacial score (nSPS) is 22.2. The fraction of sp³-hybridized carbons (Fsp3) is 0.714. The molecular formula is C14H21BrN4O. The Balaban J connectivity index is 1.74. The molecule has 1 aromatic rings. The molecule has 3 rings (SSSR count). The average Bonchev–Trinajstić information content (AvgIpc) is 3.10. The summed E-state index contributed by atoms with van der Waals surface area (Å²) in [5.41, 5.74) is 0.872. The molecule has 0 aromatic carbocycles. The summed E-state index contributed by atoms with van der Waals surface area (Å²) in [6, 6.07) is 0.515. The van der Waals surface area contributed by atoms with Gasteiger partial charge in [0.1, 0.15) is 4.47 Å². The fourth-order valence-corrected chi connectivity index (χ4v) is 3.35. The molecule has 6 heteroatoms. The highest BCUT2D eigenvalue weighted by Crippen LogP contribution is 2.30. The second-order valence-corrected chi connectivity index (χ2v) is 6.74. The largest absolute Gasteiger partial charge is 0.371 e. The van der Waals surface area contributed by atoms with E-state index in [4.69, 9.17) is 0 Å². The van der Waals surface area contributed by atoms with E-state index in [-0.39, 0.29) is 5.56 Å². The molecule has 1 atom stereocenters. The maximum Gasteiger partial charge on any atom is 0.283 e. The summed E-state index contributed by atoms with van der Waals surface area (Å²) in [5, 5.41) is 7.80. The molecule has 0 radical (unpaired) electrons. The smallest absolute Gasteiger partial charge is 0.283 e. The van der Waals surface area contributed by atoms with E-state index in [9.17, 15) is 4.79 Å². The maximum atomic E-state index is 12.3. The molecule has 0 amide bonds. The second kappa shape index (κ2) is 5.85. The first-order chi connectivity index (χ1) is 9.65. The van der Waals surface area contributed by atoms with Gasteiger partial charge >= 0.3 is 0 Å². The highest BCUT2D eigenvalue weighted by molar-refractivity contribution is 9.10. The zero-order valence-corrected chi connectivity index (χ0v) is 13.4. The predicted octanol–water partition coefficient (Wildman–Crippen LogP) is 1.60. The van der Waals surface area contributed by atoms with E-state index in [0.717, 1.165) is 25.3 Å². The molecule has 0 bridgehead atoms. The third kappa shape index (κ3) is 3.06. The number of hydrogen-bond donors (Lipinski definition) is 1. The SMILES string of the molecule is CN(CC1CCCN1)c1cnn(CC2CC2)c(=O)c1Br. The number of likely N-dealkylation sites (N-methyl/N-ethyl adjacent to an activating group) is 1. The van der Waals surface area contributed by atoms with Crippen molar-refractivity contribution in [2.45, 2.75) is 38.3 Å². The molecule has 110 valence electrons. The molecule has 5 nitrogen and oxygen atoms in total. The Kier molecular flexibility index (Phi) is 4.12. The summed E-state index contributed by atoms with van der Waals surface area (Å²) in [7, 11) is 2.02. The topological polar surface area (TPSA) is 50.2 Å². The van der Waals surface area contributed by atoms with E-state index >= 15 is 0 Å². The van der Waals surface area contributed by atoms with Gasteiger partial charge in [-0.2, -0.15) is 5.10 Å². The Morgan fingerprint density at radius 2 is 2.30 bits per heavy atom. The van der Waals surface area contributed by atoms with E-state index in [0.29, 0.717) is 16.4 Å². The number of halogens is 1. The molecule has 0 spiro atoms. The lowest BCUT2D eigenvalue weighted by atomic mass is 10.2. The zero-order chi connectivity index (χ0) is 14.1. The third-order valence-electron chi connectivity index (χ3n) is 4.16. The van der Waals surface area contributed by atoms with Gasteiger partial charge in [-0.15, -0.1) is 0 Å². The van der Waals surface area contributed by atoms with Crippen molar-refractivity contribution in [3.63, 3.8) is 0 Å². The standard InChI is InChI=1S/C14H21BrN4O/c1-18(9-11-3-2-6-16-11)12-7-17-19(8-10-4-5-10)14(20)13(12)15/h7,10-11,16H,2-6,8-9H2,1H3. The molecule has 2 fully saturated rings. The molecule has 20 heavy (non-hydrogen) atoms. The molecule has 1 saturated carbocycles. The number of aromatic nitrogens is 2. The minimum Gasteiger partial charge on any atom is -0.371 e. The summed E-state index contributed by atoms with van der Waals surface area (Å²) in [5.74, 6) is 0.651. The number of rotatable bonds is 5. The summed E-state index contributed by atoms with van der Waals surface area (Å²) >= 11 is 3.46. The van der Waals surface area contributed by atoms with Gasteiger partial charge in [-0.05, 0) is 54.1 Å². The fourth-order valence-electron chi connectivity index (χ4n) is 2.74.